The third-order valence-corrected chi connectivity index (χ3v) is 5.06. The quantitative estimate of drug-likeness (QED) is 0.881. The van der Waals surface area contributed by atoms with Crippen molar-refractivity contribution in [1.82, 2.24) is 0 Å². The monoisotopic (exact) mass is 315 g/mol. The molecule has 1 heterocycles. The van der Waals surface area contributed by atoms with Crippen LogP contribution in [0.25, 0.3) is 0 Å². The highest BCUT2D eigenvalue weighted by Gasteiger charge is 2.28. The molecule has 0 saturated carbocycles. The summed E-state index contributed by atoms with van der Waals surface area (Å²) >= 11 is 1.49. The number of benzene rings is 1. The standard InChI is InChI=1S/C17H17NO3S/c1-10-6-8-11(9-7-10)15(19)18-16-14(17(20)21-2)12-4-3-5-13(12)22-16/h6-9H,3-5H2,1-2H3,(H,18,19). The Bertz CT molecular complexity index is 731. The highest BCUT2D eigenvalue weighted by atomic mass is 32.1. The maximum atomic E-state index is 12.4. The molecule has 1 N–H and O–H groups in total. The van der Waals surface area contributed by atoms with Gasteiger partial charge in [-0.3, -0.25) is 4.79 Å². The van der Waals surface area contributed by atoms with Crippen molar-refractivity contribution < 1.29 is 14.3 Å². The average Bonchev–Trinajstić information content (AvgIpc) is 3.07. The van der Waals surface area contributed by atoms with Gasteiger partial charge in [0, 0.05) is 10.4 Å². The summed E-state index contributed by atoms with van der Waals surface area (Å²) in [6.45, 7) is 1.97. The Labute approximate surface area is 133 Å². The van der Waals surface area contributed by atoms with Gasteiger partial charge in [0.2, 0.25) is 0 Å². The summed E-state index contributed by atoms with van der Waals surface area (Å²) in [6.07, 6.45) is 2.89. The number of fused-ring (bicyclic) bond motifs is 1. The van der Waals surface area contributed by atoms with E-state index in [1.54, 1.807) is 12.1 Å². The highest BCUT2D eigenvalue weighted by molar-refractivity contribution is 7.17. The van der Waals surface area contributed by atoms with Crippen molar-refractivity contribution in [2.45, 2.75) is 26.2 Å². The lowest BCUT2D eigenvalue weighted by Crippen LogP contribution is -2.14. The molecule has 2 aromatic rings. The second-order valence-corrected chi connectivity index (χ2v) is 6.48. The van der Waals surface area contributed by atoms with Crippen molar-refractivity contribution in [3.8, 4) is 0 Å². The summed E-state index contributed by atoms with van der Waals surface area (Å²) in [6, 6.07) is 7.35. The van der Waals surface area contributed by atoms with E-state index >= 15 is 0 Å². The van der Waals surface area contributed by atoms with Gasteiger partial charge >= 0.3 is 5.97 Å². The van der Waals surface area contributed by atoms with Crippen LogP contribution in [0.3, 0.4) is 0 Å². The minimum atomic E-state index is -0.376. The van der Waals surface area contributed by atoms with E-state index in [4.69, 9.17) is 4.74 Å². The van der Waals surface area contributed by atoms with Crippen LogP contribution in [0.2, 0.25) is 0 Å². The number of amides is 1. The maximum Gasteiger partial charge on any atom is 0.341 e. The number of carbonyl (C=O) groups excluding carboxylic acids is 2. The minimum absolute atomic E-state index is 0.204. The van der Waals surface area contributed by atoms with Crippen LogP contribution in [0, 0.1) is 6.92 Å². The average molecular weight is 315 g/mol. The second-order valence-electron chi connectivity index (χ2n) is 5.37. The topological polar surface area (TPSA) is 55.4 Å². The van der Waals surface area contributed by atoms with Gasteiger partial charge in [-0.25, -0.2) is 4.79 Å². The minimum Gasteiger partial charge on any atom is -0.465 e. The Kier molecular flexibility index (Phi) is 3.98. The molecule has 3 rings (SSSR count). The number of thiophene rings is 1. The molecule has 5 heteroatoms. The Hall–Kier alpha value is -2.14. The van der Waals surface area contributed by atoms with E-state index in [-0.39, 0.29) is 11.9 Å². The van der Waals surface area contributed by atoms with Crippen molar-refractivity contribution >= 4 is 28.2 Å². The van der Waals surface area contributed by atoms with Gasteiger partial charge in [0.1, 0.15) is 5.00 Å². The van der Waals surface area contributed by atoms with E-state index in [0.717, 1.165) is 30.4 Å². The molecule has 0 aliphatic heterocycles. The van der Waals surface area contributed by atoms with Crippen LogP contribution < -0.4 is 5.32 Å². The first-order chi connectivity index (χ1) is 10.6. The van der Waals surface area contributed by atoms with E-state index < -0.39 is 0 Å². The van der Waals surface area contributed by atoms with Crippen LogP contribution in [0.4, 0.5) is 5.00 Å². The van der Waals surface area contributed by atoms with Gasteiger partial charge in [0.25, 0.3) is 5.91 Å². The van der Waals surface area contributed by atoms with Crippen LogP contribution >= 0.6 is 11.3 Å². The summed E-state index contributed by atoms with van der Waals surface area (Å²) < 4.78 is 4.88. The Morgan fingerprint density at radius 2 is 1.91 bits per heavy atom. The number of aryl methyl sites for hydroxylation is 2. The third-order valence-electron chi connectivity index (χ3n) is 3.85. The van der Waals surface area contributed by atoms with Gasteiger partial charge in [0.05, 0.1) is 12.7 Å². The summed E-state index contributed by atoms with van der Waals surface area (Å²) in [5.41, 5.74) is 3.24. The largest absolute Gasteiger partial charge is 0.465 e. The van der Waals surface area contributed by atoms with E-state index in [1.165, 1.54) is 23.3 Å². The number of ether oxygens (including phenoxy) is 1. The number of anilines is 1. The zero-order valence-electron chi connectivity index (χ0n) is 12.6. The van der Waals surface area contributed by atoms with Crippen molar-refractivity contribution in [3.63, 3.8) is 0 Å². The summed E-state index contributed by atoms with van der Waals surface area (Å²) in [5.74, 6) is -0.580. The Morgan fingerprint density at radius 3 is 2.59 bits per heavy atom. The molecular weight excluding hydrogens is 298 g/mol. The molecule has 0 radical (unpaired) electrons. The fraction of sp³-hybridized carbons (Fsp3) is 0.294. The summed E-state index contributed by atoms with van der Waals surface area (Å²) in [7, 11) is 1.37. The Morgan fingerprint density at radius 1 is 1.18 bits per heavy atom. The van der Waals surface area contributed by atoms with Gasteiger partial charge in [-0.2, -0.15) is 0 Å². The molecule has 1 aliphatic rings. The molecule has 1 aromatic heterocycles. The molecule has 4 nitrogen and oxygen atoms in total. The molecule has 0 unspecified atom stereocenters. The van der Waals surface area contributed by atoms with E-state index in [1.807, 2.05) is 19.1 Å². The van der Waals surface area contributed by atoms with E-state index in [9.17, 15) is 9.59 Å². The van der Waals surface area contributed by atoms with Gasteiger partial charge < -0.3 is 10.1 Å². The molecule has 0 atom stereocenters. The zero-order valence-corrected chi connectivity index (χ0v) is 13.4. The van der Waals surface area contributed by atoms with Gasteiger partial charge in [-0.1, -0.05) is 17.7 Å². The van der Waals surface area contributed by atoms with Crippen molar-refractivity contribution in [1.29, 1.82) is 0 Å². The van der Waals surface area contributed by atoms with Crippen LogP contribution in [0.5, 0.6) is 0 Å². The number of nitrogens with one attached hydrogen (secondary N) is 1. The molecule has 1 aromatic carbocycles. The summed E-state index contributed by atoms with van der Waals surface area (Å²) in [5, 5.41) is 3.47. The van der Waals surface area contributed by atoms with Crippen molar-refractivity contribution in [2.75, 3.05) is 12.4 Å². The molecule has 1 aliphatic carbocycles. The molecular formula is C17H17NO3S. The number of hydrogen-bond acceptors (Lipinski definition) is 4. The SMILES string of the molecule is COC(=O)c1c(NC(=O)c2ccc(C)cc2)sc2c1CCC2. The second kappa shape index (κ2) is 5.93. The fourth-order valence-corrected chi connectivity index (χ4v) is 3.96. The predicted molar refractivity (Wildman–Crippen MR) is 86.8 cm³/mol. The lowest BCUT2D eigenvalue weighted by atomic mass is 10.1. The number of carbonyl (C=O) groups is 2. The zero-order chi connectivity index (χ0) is 15.7. The van der Waals surface area contributed by atoms with Crippen LogP contribution in [0.1, 0.15) is 43.1 Å². The lowest BCUT2D eigenvalue weighted by Gasteiger charge is -2.07. The molecule has 22 heavy (non-hydrogen) atoms. The van der Waals surface area contributed by atoms with E-state index in [0.29, 0.717) is 16.1 Å². The normalized spacial score (nSPS) is 12.8. The predicted octanol–water partition coefficient (Wildman–Crippen LogP) is 3.58. The highest BCUT2D eigenvalue weighted by Crippen LogP contribution is 2.39. The number of methoxy groups -OCH3 is 1. The van der Waals surface area contributed by atoms with E-state index in [2.05, 4.69) is 5.32 Å². The van der Waals surface area contributed by atoms with Gasteiger partial charge in [-0.05, 0) is 43.9 Å². The first kappa shape index (κ1) is 14.8. The van der Waals surface area contributed by atoms with Crippen molar-refractivity contribution in [3.05, 3.63) is 51.4 Å². The van der Waals surface area contributed by atoms with Crippen LogP contribution in [-0.4, -0.2) is 19.0 Å². The first-order valence-corrected chi connectivity index (χ1v) is 8.02. The number of esters is 1. The number of rotatable bonds is 3. The van der Waals surface area contributed by atoms with Gasteiger partial charge in [-0.15, -0.1) is 11.3 Å². The van der Waals surface area contributed by atoms with Crippen LogP contribution in [-0.2, 0) is 17.6 Å². The first-order valence-electron chi connectivity index (χ1n) is 7.21. The Balaban J connectivity index is 1.90. The molecule has 1 amide bonds. The molecule has 0 bridgehead atoms. The van der Waals surface area contributed by atoms with Gasteiger partial charge in [0.15, 0.2) is 0 Å². The third kappa shape index (κ3) is 2.64. The molecule has 0 fully saturated rings. The molecule has 0 saturated heterocycles. The smallest absolute Gasteiger partial charge is 0.341 e. The van der Waals surface area contributed by atoms with Crippen LogP contribution in [0.15, 0.2) is 24.3 Å². The fourth-order valence-electron chi connectivity index (χ4n) is 2.69. The van der Waals surface area contributed by atoms with Crippen molar-refractivity contribution in [2.24, 2.45) is 0 Å². The number of hydrogen-bond donors (Lipinski definition) is 1. The lowest BCUT2D eigenvalue weighted by molar-refractivity contribution is 0.0601. The molecule has 114 valence electrons. The maximum absolute atomic E-state index is 12.4. The summed E-state index contributed by atoms with van der Waals surface area (Å²) in [4.78, 5) is 25.6. The molecule has 0 spiro atoms.